The number of carboxylic acid groups (broad SMARTS) is 1. The molecular formula is C22H26N2O5. The number of carboxylic acids is 1. The maximum Gasteiger partial charge on any atom is 0.411 e. The lowest BCUT2D eigenvalue weighted by Crippen LogP contribution is -2.44. The van der Waals surface area contributed by atoms with E-state index in [2.05, 4.69) is 11.6 Å². The molecule has 1 saturated heterocycles. The molecule has 0 spiro atoms. The van der Waals surface area contributed by atoms with Gasteiger partial charge in [-0.2, -0.15) is 0 Å². The van der Waals surface area contributed by atoms with Gasteiger partial charge >= 0.3 is 12.1 Å². The number of likely N-dealkylation sites (tertiary alicyclic amines) is 1. The van der Waals surface area contributed by atoms with Gasteiger partial charge in [-0.05, 0) is 50.8 Å². The molecule has 0 aliphatic carbocycles. The van der Waals surface area contributed by atoms with Crippen molar-refractivity contribution in [2.45, 2.75) is 51.4 Å². The van der Waals surface area contributed by atoms with Crippen LogP contribution in [0.4, 0.5) is 4.79 Å². The third kappa shape index (κ3) is 4.50. The lowest BCUT2D eigenvalue weighted by atomic mass is 10.0. The number of benzene rings is 1. The lowest BCUT2D eigenvalue weighted by Gasteiger charge is -2.28. The van der Waals surface area contributed by atoms with Crippen molar-refractivity contribution in [3.63, 3.8) is 0 Å². The van der Waals surface area contributed by atoms with Gasteiger partial charge in [-0.25, -0.2) is 14.6 Å². The molecule has 1 aliphatic rings. The van der Waals surface area contributed by atoms with Crippen LogP contribution in [0.15, 0.2) is 37.0 Å². The molecule has 7 heteroatoms. The number of pyridine rings is 1. The fourth-order valence-electron chi connectivity index (χ4n) is 3.46. The second-order valence-corrected chi connectivity index (χ2v) is 8.52. The van der Waals surface area contributed by atoms with Crippen molar-refractivity contribution >= 4 is 28.9 Å². The number of fused-ring (bicyclic) bond motifs is 1. The molecular weight excluding hydrogens is 372 g/mol. The van der Waals surface area contributed by atoms with Gasteiger partial charge < -0.3 is 14.6 Å². The molecule has 3 rings (SSSR count). The Hall–Kier alpha value is -3.09. The van der Waals surface area contributed by atoms with Crippen LogP contribution in [0, 0.1) is 0 Å². The summed E-state index contributed by atoms with van der Waals surface area (Å²) in [7, 11) is 0. The predicted molar refractivity (Wildman–Crippen MR) is 110 cm³/mol. The number of amides is 1. The Kier molecular flexibility index (Phi) is 5.26. The van der Waals surface area contributed by atoms with Crippen molar-refractivity contribution in [1.82, 2.24) is 9.88 Å². The van der Waals surface area contributed by atoms with Gasteiger partial charge in [0.25, 0.3) is 0 Å². The highest BCUT2D eigenvalue weighted by molar-refractivity contribution is 5.88. The standard InChI is InChI=1S/C22H26N2O5/c1-6-14-7-8-15-9-10-23-18(16(15)11-14)28-22(5)12-17(19(25)26)24(13-22)20(27)29-21(2,3)4/h6-11,17H,1,12-13H2,2-5H3,(H,25,26)/t17-,22+/m0/s1. The number of aliphatic carboxylic acids is 1. The predicted octanol–water partition coefficient (Wildman–Crippen LogP) is 4.11. The highest BCUT2D eigenvalue weighted by Crippen LogP contribution is 2.35. The molecule has 2 aromatic rings. The Morgan fingerprint density at radius 2 is 2.07 bits per heavy atom. The summed E-state index contributed by atoms with van der Waals surface area (Å²) in [4.78, 5) is 29.9. The van der Waals surface area contributed by atoms with Gasteiger partial charge in [0.05, 0.1) is 6.54 Å². The Labute approximate surface area is 169 Å². The van der Waals surface area contributed by atoms with Crippen LogP contribution in [0.5, 0.6) is 5.88 Å². The second kappa shape index (κ2) is 7.39. The van der Waals surface area contributed by atoms with Crippen LogP contribution in [-0.4, -0.2) is 50.8 Å². The number of hydrogen-bond acceptors (Lipinski definition) is 5. The maximum absolute atomic E-state index is 12.6. The third-order valence-corrected chi connectivity index (χ3v) is 4.75. The minimum atomic E-state index is -1.09. The molecule has 1 fully saturated rings. The Bertz CT molecular complexity index is 965. The van der Waals surface area contributed by atoms with E-state index in [1.807, 2.05) is 24.3 Å². The van der Waals surface area contributed by atoms with Crippen LogP contribution < -0.4 is 4.74 Å². The molecule has 2 heterocycles. The average molecular weight is 398 g/mol. The molecule has 0 bridgehead atoms. The molecule has 29 heavy (non-hydrogen) atoms. The fourth-order valence-corrected chi connectivity index (χ4v) is 3.46. The number of hydrogen-bond donors (Lipinski definition) is 1. The van der Waals surface area contributed by atoms with Crippen LogP contribution in [-0.2, 0) is 9.53 Å². The molecule has 1 amide bonds. The summed E-state index contributed by atoms with van der Waals surface area (Å²) in [5, 5.41) is 11.4. The van der Waals surface area contributed by atoms with E-state index >= 15 is 0 Å². The van der Waals surface area contributed by atoms with Gasteiger partial charge in [-0.15, -0.1) is 0 Å². The van der Waals surface area contributed by atoms with Crippen LogP contribution in [0.25, 0.3) is 16.8 Å². The van der Waals surface area contributed by atoms with Crippen molar-refractivity contribution < 1.29 is 24.2 Å². The van der Waals surface area contributed by atoms with Gasteiger partial charge in [0.15, 0.2) is 0 Å². The topological polar surface area (TPSA) is 89.0 Å². The monoisotopic (exact) mass is 398 g/mol. The zero-order valence-corrected chi connectivity index (χ0v) is 17.1. The highest BCUT2D eigenvalue weighted by atomic mass is 16.6. The number of rotatable bonds is 4. The smallest absolute Gasteiger partial charge is 0.411 e. The molecule has 1 N–H and O–H groups in total. The van der Waals surface area contributed by atoms with Crippen molar-refractivity contribution in [3.05, 3.63) is 42.6 Å². The zero-order valence-electron chi connectivity index (χ0n) is 17.1. The van der Waals surface area contributed by atoms with Crippen molar-refractivity contribution in [3.8, 4) is 5.88 Å². The minimum absolute atomic E-state index is 0.0814. The molecule has 154 valence electrons. The minimum Gasteiger partial charge on any atom is -0.480 e. The van der Waals surface area contributed by atoms with Crippen LogP contribution >= 0.6 is 0 Å². The number of nitrogens with zero attached hydrogens (tertiary/aromatic N) is 2. The Balaban J connectivity index is 1.91. The second-order valence-electron chi connectivity index (χ2n) is 8.52. The van der Waals surface area contributed by atoms with Gasteiger partial charge in [0.2, 0.25) is 5.88 Å². The quantitative estimate of drug-likeness (QED) is 0.834. The lowest BCUT2D eigenvalue weighted by molar-refractivity contribution is -0.142. The van der Waals surface area contributed by atoms with Crippen LogP contribution in [0.1, 0.15) is 39.7 Å². The summed E-state index contributed by atoms with van der Waals surface area (Å²) in [6, 6.07) is 6.66. The Morgan fingerprint density at radius 1 is 1.34 bits per heavy atom. The number of carbonyl (C=O) groups is 2. The van der Waals surface area contributed by atoms with E-state index < -0.39 is 29.3 Å². The summed E-state index contributed by atoms with van der Waals surface area (Å²) in [5.74, 6) is -0.702. The maximum atomic E-state index is 12.6. The molecule has 7 nitrogen and oxygen atoms in total. The molecule has 0 radical (unpaired) electrons. The molecule has 2 atom stereocenters. The van der Waals surface area contributed by atoms with Crippen molar-refractivity contribution in [1.29, 1.82) is 0 Å². The van der Waals surface area contributed by atoms with E-state index in [1.54, 1.807) is 40.0 Å². The first kappa shape index (κ1) is 20.6. The molecule has 1 aromatic carbocycles. The SMILES string of the molecule is C=Cc1ccc2ccnc(O[C@]3(C)C[C@@H](C(=O)O)N(C(=O)OC(C)(C)C)C3)c2c1. The van der Waals surface area contributed by atoms with E-state index in [-0.39, 0.29) is 13.0 Å². The van der Waals surface area contributed by atoms with Gasteiger partial charge in [0.1, 0.15) is 17.2 Å². The molecule has 0 saturated carbocycles. The normalized spacial score (nSPS) is 21.8. The third-order valence-electron chi connectivity index (χ3n) is 4.75. The van der Waals surface area contributed by atoms with E-state index in [4.69, 9.17) is 9.47 Å². The summed E-state index contributed by atoms with van der Waals surface area (Å²) in [6.45, 7) is 10.9. The van der Waals surface area contributed by atoms with E-state index in [0.717, 1.165) is 16.3 Å². The number of aromatic nitrogens is 1. The van der Waals surface area contributed by atoms with E-state index in [0.29, 0.717) is 5.88 Å². The first-order valence-electron chi connectivity index (χ1n) is 9.44. The van der Waals surface area contributed by atoms with Crippen molar-refractivity contribution in [2.24, 2.45) is 0 Å². The number of ether oxygens (including phenoxy) is 2. The van der Waals surface area contributed by atoms with Gasteiger partial charge in [-0.1, -0.05) is 24.8 Å². The summed E-state index contributed by atoms with van der Waals surface area (Å²) in [5.41, 5.74) is -0.727. The summed E-state index contributed by atoms with van der Waals surface area (Å²) >= 11 is 0. The molecule has 1 aromatic heterocycles. The highest BCUT2D eigenvalue weighted by Gasteiger charge is 2.49. The average Bonchev–Trinajstić information content (AvgIpc) is 2.98. The summed E-state index contributed by atoms with van der Waals surface area (Å²) in [6.07, 6.45) is 2.83. The molecule has 1 aliphatic heterocycles. The Morgan fingerprint density at radius 3 is 2.69 bits per heavy atom. The molecule has 0 unspecified atom stereocenters. The summed E-state index contributed by atoms with van der Waals surface area (Å²) < 4.78 is 11.6. The largest absolute Gasteiger partial charge is 0.480 e. The zero-order chi connectivity index (χ0) is 21.4. The first-order valence-corrected chi connectivity index (χ1v) is 9.44. The number of carbonyl (C=O) groups excluding carboxylic acids is 1. The van der Waals surface area contributed by atoms with Crippen molar-refractivity contribution in [2.75, 3.05) is 6.54 Å². The van der Waals surface area contributed by atoms with E-state index in [1.165, 1.54) is 4.90 Å². The van der Waals surface area contributed by atoms with Gasteiger partial charge in [0, 0.05) is 18.0 Å². The fraction of sp³-hybridized carbons (Fsp3) is 0.409. The first-order chi connectivity index (χ1) is 13.5. The van der Waals surface area contributed by atoms with Crippen LogP contribution in [0.2, 0.25) is 0 Å². The van der Waals surface area contributed by atoms with Crippen LogP contribution in [0.3, 0.4) is 0 Å². The van der Waals surface area contributed by atoms with Gasteiger partial charge in [-0.3, -0.25) is 4.90 Å². The van der Waals surface area contributed by atoms with E-state index in [9.17, 15) is 14.7 Å².